The Hall–Kier alpha value is -2.97. The highest BCUT2D eigenvalue weighted by Gasteiger charge is 2.29. The summed E-state index contributed by atoms with van der Waals surface area (Å²) < 4.78 is 10.5. The Labute approximate surface area is 177 Å². The van der Waals surface area contributed by atoms with Crippen LogP contribution in [0.3, 0.4) is 0 Å². The molecule has 30 heavy (non-hydrogen) atoms. The van der Waals surface area contributed by atoms with Crippen molar-refractivity contribution in [1.82, 2.24) is 4.90 Å². The van der Waals surface area contributed by atoms with Gasteiger partial charge in [0.1, 0.15) is 16.1 Å². The van der Waals surface area contributed by atoms with E-state index in [0.717, 1.165) is 30.1 Å². The molecule has 1 aliphatic rings. The largest absolute Gasteiger partial charge is 0.462 e. The summed E-state index contributed by atoms with van der Waals surface area (Å²) in [6, 6.07) is 8.50. The highest BCUT2D eigenvalue weighted by molar-refractivity contribution is 7.17. The van der Waals surface area contributed by atoms with Gasteiger partial charge in [-0.2, -0.15) is 0 Å². The number of esters is 1. The smallest absolute Gasteiger partial charge is 0.349 e. The lowest BCUT2D eigenvalue weighted by Crippen LogP contribution is -2.30. The number of carbonyl (C=O) groups is 2. The van der Waals surface area contributed by atoms with Crippen LogP contribution in [0, 0.1) is 0 Å². The number of rotatable bonds is 5. The van der Waals surface area contributed by atoms with E-state index in [1.54, 1.807) is 31.2 Å². The average molecular weight is 426 g/mol. The number of hydrogen-bond acceptors (Lipinski definition) is 7. The molecule has 0 aliphatic carbocycles. The summed E-state index contributed by atoms with van der Waals surface area (Å²) in [4.78, 5) is 41.2. The summed E-state index contributed by atoms with van der Waals surface area (Å²) in [5.41, 5.74) is 0.903. The fourth-order valence-corrected chi connectivity index (χ4v) is 4.90. The average Bonchev–Trinajstić information content (AvgIpc) is 3.10. The molecule has 0 radical (unpaired) electrons. The lowest BCUT2D eigenvalue weighted by molar-refractivity contribution is 0.0526. The molecule has 1 amide bonds. The fraction of sp³-hybridized carbons (Fsp3) is 0.318. The molecular weight excluding hydrogens is 404 g/mol. The Kier molecular flexibility index (Phi) is 5.69. The lowest BCUT2D eigenvalue weighted by Gasteiger charge is -2.25. The monoisotopic (exact) mass is 426 g/mol. The third-order valence-electron chi connectivity index (χ3n) is 5.18. The molecule has 2 aromatic heterocycles. The molecule has 0 saturated heterocycles. The Bertz CT molecular complexity index is 1180. The minimum Gasteiger partial charge on any atom is -0.462 e. The van der Waals surface area contributed by atoms with Crippen LogP contribution >= 0.6 is 11.3 Å². The number of likely N-dealkylation sites (N-methyl/N-ethyl adjacent to an activating group) is 1. The van der Waals surface area contributed by atoms with Crippen molar-refractivity contribution in [2.75, 3.05) is 25.0 Å². The summed E-state index contributed by atoms with van der Waals surface area (Å²) in [5.74, 6) is -1.06. The van der Waals surface area contributed by atoms with E-state index in [4.69, 9.17) is 9.15 Å². The maximum Gasteiger partial charge on any atom is 0.349 e. The number of carbonyl (C=O) groups excluding carboxylic acids is 2. The van der Waals surface area contributed by atoms with Gasteiger partial charge in [0.05, 0.1) is 12.2 Å². The van der Waals surface area contributed by atoms with E-state index >= 15 is 0 Å². The van der Waals surface area contributed by atoms with Crippen LogP contribution in [0.2, 0.25) is 0 Å². The van der Waals surface area contributed by atoms with Gasteiger partial charge >= 0.3 is 11.6 Å². The predicted octanol–water partition coefficient (Wildman–Crippen LogP) is 3.66. The van der Waals surface area contributed by atoms with E-state index in [9.17, 15) is 14.4 Å². The first-order valence-electron chi connectivity index (χ1n) is 9.90. The zero-order valence-electron chi connectivity index (χ0n) is 16.8. The maximum absolute atomic E-state index is 12.9. The van der Waals surface area contributed by atoms with Crippen LogP contribution in [0.1, 0.15) is 45.0 Å². The van der Waals surface area contributed by atoms with Crippen molar-refractivity contribution in [1.29, 1.82) is 0 Å². The van der Waals surface area contributed by atoms with Gasteiger partial charge in [-0.25, -0.2) is 9.59 Å². The first-order valence-corrected chi connectivity index (χ1v) is 10.7. The number of thiophene rings is 1. The molecular formula is C22H22N2O5S. The van der Waals surface area contributed by atoms with Crippen molar-refractivity contribution in [3.05, 3.63) is 62.3 Å². The van der Waals surface area contributed by atoms with Gasteiger partial charge in [0.25, 0.3) is 5.91 Å². The SMILES string of the molecule is CCOC(=O)c1c(NC(=O)c2cc3ccccc3oc2=O)sc2c1CCN(CC)C2. The van der Waals surface area contributed by atoms with Crippen molar-refractivity contribution in [2.45, 2.75) is 26.8 Å². The van der Waals surface area contributed by atoms with Gasteiger partial charge in [-0.1, -0.05) is 25.1 Å². The van der Waals surface area contributed by atoms with Crippen LogP contribution in [0.4, 0.5) is 5.00 Å². The van der Waals surface area contributed by atoms with E-state index in [-0.39, 0.29) is 12.2 Å². The second-order valence-corrected chi connectivity index (χ2v) is 8.09. The minimum atomic E-state index is -0.720. The molecule has 0 unspecified atom stereocenters. The minimum absolute atomic E-state index is 0.106. The Balaban J connectivity index is 1.71. The molecule has 0 fully saturated rings. The molecule has 0 bridgehead atoms. The summed E-state index contributed by atoms with van der Waals surface area (Å²) >= 11 is 1.36. The molecule has 7 nitrogen and oxygen atoms in total. The summed E-state index contributed by atoms with van der Waals surface area (Å²) in [5, 5.41) is 3.82. The van der Waals surface area contributed by atoms with Crippen LogP contribution in [-0.4, -0.2) is 36.5 Å². The third kappa shape index (κ3) is 3.76. The van der Waals surface area contributed by atoms with Gasteiger partial charge in [-0.05, 0) is 37.6 Å². The quantitative estimate of drug-likeness (QED) is 0.495. The number of para-hydroxylation sites is 1. The number of nitrogens with zero attached hydrogens (tertiary/aromatic N) is 1. The molecule has 156 valence electrons. The van der Waals surface area contributed by atoms with Gasteiger partial charge < -0.3 is 14.5 Å². The summed E-state index contributed by atoms with van der Waals surface area (Å²) in [7, 11) is 0. The number of hydrogen-bond donors (Lipinski definition) is 1. The normalized spacial score (nSPS) is 13.8. The zero-order chi connectivity index (χ0) is 21.3. The van der Waals surface area contributed by atoms with E-state index in [1.165, 1.54) is 17.4 Å². The number of benzene rings is 1. The van der Waals surface area contributed by atoms with Crippen molar-refractivity contribution in [3.8, 4) is 0 Å². The second-order valence-electron chi connectivity index (χ2n) is 6.99. The summed E-state index contributed by atoms with van der Waals surface area (Å²) in [6.45, 7) is 6.55. The van der Waals surface area contributed by atoms with Crippen molar-refractivity contribution in [2.24, 2.45) is 0 Å². The number of ether oxygens (including phenoxy) is 1. The molecule has 1 N–H and O–H groups in total. The number of amides is 1. The van der Waals surface area contributed by atoms with Gasteiger partial charge in [0.15, 0.2) is 0 Å². The van der Waals surface area contributed by atoms with Gasteiger partial charge in [-0.15, -0.1) is 11.3 Å². The number of fused-ring (bicyclic) bond motifs is 2. The standard InChI is InChI=1S/C22H22N2O5S/c1-3-24-10-9-14-17(12-24)30-20(18(14)22(27)28-4-2)23-19(25)15-11-13-7-5-6-8-16(13)29-21(15)26/h5-8,11H,3-4,9-10,12H2,1-2H3,(H,23,25). The highest BCUT2D eigenvalue weighted by atomic mass is 32.1. The predicted molar refractivity (Wildman–Crippen MR) is 115 cm³/mol. The molecule has 0 spiro atoms. The highest BCUT2D eigenvalue weighted by Crippen LogP contribution is 2.37. The van der Waals surface area contributed by atoms with Crippen LogP contribution in [0.25, 0.3) is 11.0 Å². The summed E-state index contributed by atoms with van der Waals surface area (Å²) in [6.07, 6.45) is 0.710. The maximum atomic E-state index is 12.9. The molecule has 8 heteroatoms. The molecule has 3 heterocycles. The van der Waals surface area contributed by atoms with Gasteiger partial charge in [-0.3, -0.25) is 9.69 Å². The first-order chi connectivity index (χ1) is 14.5. The number of nitrogens with one attached hydrogen (secondary N) is 1. The van der Waals surface area contributed by atoms with Crippen LogP contribution in [0.15, 0.2) is 39.5 Å². The molecule has 0 atom stereocenters. The first kappa shape index (κ1) is 20.3. The molecule has 3 aromatic rings. The topological polar surface area (TPSA) is 88.8 Å². The van der Waals surface area contributed by atoms with E-state index in [2.05, 4.69) is 17.1 Å². The second kappa shape index (κ2) is 8.41. The number of anilines is 1. The van der Waals surface area contributed by atoms with Crippen LogP contribution in [0.5, 0.6) is 0 Å². The molecule has 0 saturated carbocycles. The molecule has 1 aromatic carbocycles. The Morgan fingerprint density at radius 2 is 2.07 bits per heavy atom. The van der Waals surface area contributed by atoms with Gasteiger partial charge in [0.2, 0.25) is 0 Å². The third-order valence-corrected chi connectivity index (χ3v) is 6.31. The molecule has 4 rings (SSSR count). The molecule has 1 aliphatic heterocycles. The van der Waals surface area contributed by atoms with E-state index < -0.39 is 17.5 Å². The van der Waals surface area contributed by atoms with Crippen molar-refractivity contribution >= 4 is 39.2 Å². The Morgan fingerprint density at radius 1 is 1.27 bits per heavy atom. The fourth-order valence-electron chi connectivity index (χ4n) is 3.62. The van der Waals surface area contributed by atoms with E-state index in [1.807, 2.05) is 0 Å². The van der Waals surface area contributed by atoms with E-state index in [0.29, 0.717) is 28.0 Å². The van der Waals surface area contributed by atoms with Crippen LogP contribution < -0.4 is 10.9 Å². The van der Waals surface area contributed by atoms with Crippen LogP contribution in [-0.2, 0) is 17.7 Å². The van der Waals surface area contributed by atoms with Gasteiger partial charge in [0, 0.05) is 23.4 Å². The van der Waals surface area contributed by atoms with Crippen molar-refractivity contribution in [3.63, 3.8) is 0 Å². The lowest BCUT2D eigenvalue weighted by atomic mass is 10.0. The Morgan fingerprint density at radius 3 is 2.83 bits per heavy atom. The van der Waals surface area contributed by atoms with Crippen molar-refractivity contribution < 1.29 is 18.7 Å². The zero-order valence-corrected chi connectivity index (χ0v) is 17.6.